The smallest absolute Gasteiger partial charge is 0.240 e. The minimum absolute atomic E-state index is 0.0282. The van der Waals surface area contributed by atoms with Gasteiger partial charge in [-0.05, 0) is 43.0 Å². The summed E-state index contributed by atoms with van der Waals surface area (Å²) in [4.78, 5) is 32.0. The van der Waals surface area contributed by atoms with Crippen molar-refractivity contribution in [1.29, 1.82) is 0 Å². The third-order valence-electron chi connectivity index (χ3n) is 5.06. The Labute approximate surface area is 163 Å². The van der Waals surface area contributed by atoms with Crippen LogP contribution in [0.25, 0.3) is 0 Å². The van der Waals surface area contributed by atoms with Crippen LogP contribution >= 0.6 is 11.6 Å². The fourth-order valence-electron chi connectivity index (χ4n) is 3.67. The normalized spacial score (nSPS) is 18.4. The first-order chi connectivity index (χ1) is 13.1. The molecule has 1 fully saturated rings. The van der Waals surface area contributed by atoms with Gasteiger partial charge in [-0.3, -0.25) is 14.6 Å². The molecule has 4 rings (SSSR count). The molecule has 1 saturated carbocycles. The number of hydrogen-bond acceptors (Lipinski definition) is 3. The number of amides is 2. The molecule has 0 bridgehead atoms. The number of hydrogen-bond donors (Lipinski definition) is 1. The lowest BCUT2D eigenvalue weighted by atomic mass is 10.1. The van der Waals surface area contributed by atoms with Crippen molar-refractivity contribution in [3.63, 3.8) is 0 Å². The summed E-state index contributed by atoms with van der Waals surface area (Å²) < 4.78 is 0. The molecule has 0 radical (unpaired) electrons. The average Bonchev–Trinajstić information content (AvgIpc) is 3.10. The molecular weight excluding hydrogens is 362 g/mol. The molecule has 2 aromatic rings. The molecule has 2 aliphatic rings. The summed E-state index contributed by atoms with van der Waals surface area (Å²) in [6.45, 7) is 0.299. The van der Waals surface area contributed by atoms with Gasteiger partial charge in [-0.15, -0.1) is 0 Å². The van der Waals surface area contributed by atoms with Crippen molar-refractivity contribution in [2.24, 2.45) is 10.9 Å². The zero-order chi connectivity index (χ0) is 18.8. The molecule has 5 nitrogen and oxygen atoms in total. The lowest BCUT2D eigenvalue weighted by Crippen LogP contribution is -2.43. The molecule has 6 heteroatoms. The highest BCUT2D eigenvalue weighted by Gasteiger charge is 2.36. The third-order valence-corrected chi connectivity index (χ3v) is 5.43. The van der Waals surface area contributed by atoms with E-state index in [0.717, 1.165) is 36.2 Å². The molecule has 0 aromatic heterocycles. The van der Waals surface area contributed by atoms with Crippen LogP contribution in [0, 0.1) is 5.92 Å². The van der Waals surface area contributed by atoms with Crippen LogP contribution in [-0.2, 0) is 16.1 Å². The maximum Gasteiger partial charge on any atom is 0.240 e. The molecule has 1 atom stereocenters. The number of para-hydroxylation sites is 2. The van der Waals surface area contributed by atoms with E-state index in [2.05, 4.69) is 5.32 Å². The number of nitrogens with one attached hydrogen (secondary N) is 1. The zero-order valence-electron chi connectivity index (χ0n) is 14.8. The summed E-state index contributed by atoms with van der Waals surface area (Å²) in [6, 6.07) is 14.9. The molecule has 138 valence electrons. The minimum Gasteiger partial charge on any atom is -0.350 e. The molecule has 1 aliphatic heterocycles. The van der Waals surface area contributed by atoms with E-state index < -0.39 is 0 Å². The standard InChI is InChI=1S/C21H20ClN3O2/c22-16-8-2-1-6-14(16)12-23-20(26)13-25-19-11-4-3-9-18(19)24-17-10-5-7-15(17)21(25)27/h1-4,6,8-9,11,15H,5,7,10,12-13H2,(H,23,26). The van der Waals surface area contributed by atoms with Crippen LogP contribution < -0.4 is 10.2 Å². The van der Waals surface area contributed by atoms with Gasteiger partial charge in [0.15, 0.2) is 0 Å². The van der Waals surface area contributed by atoms with Crippen molar-refractivity contribution in [2.75, 3.05) is 11.4 Å². The van der Waals surface area contributed by atoms with E-state index in [1.807, 2.05) is 42.5 Å². The Balaban J connectivity index is 1.53. The quantitative estimate of drug-likeness (QED) is 0.873. The maximum atomic E-state index is 13.1. The van der Waals surface area contributed by atoms with E-state index in [4.69, 9.17) is 16.6 Å². The Morgan fingerprint density at radius 3 is 2.81 bits per heavy atom. The zero-order valence-corrected chi connectivity index (χ0v) is 15.6. The van der Waals surface area contributed by atoms with Crippen molar-refractivity contribution in [2.45, 2.75) is 25.8 Å². The number of fused-ring (bicyclic) bond motifs is 2. The monoisotopic (exact) mass is 381 g/mol. The highest BCUT2D eigenvalue weighted by molar-refractivity contribution is 6.31. The van der Waals surface area contributed by atoms with Gasteiger partial charge in [0.1, 0.15) is 6.54 Å². The predicted octanol–water partition coefficient (Wildman–Crippen LogP) is 3.88. The van der Waals surface area contributed by atoms with Gasteiger partial charge in [-0.2, -0.15) is 0 Å². The van der Waals surface area contributed by atoms with Crippen LogP contribution in [0.2, 0.25) is 5.02 Å². The van der Waals surface area contributed by atoms with E-state index in [0.29, 0.717) is 17.3 Å². The predicted molar refractivity (Wildman–Crippen MR) is 107 cm³/mol. The molecule has 0 spiro atoms. The molecule has 2 amide bonds. The Bertz CT molecular complexity index is 925. The molecule has 1 unspecified atom stereocenters. The number of rotatable bonds is 4. The number of anilines is 1. The van der Waals surface area contributed by atoms with Crippen molar-refractivity contribution in [1.82, 2.24) is 5.32 Å². The lowest BCUT2D eigenvalue weighted by molar-refractivity contribution is -0.124. The lowest BCUT2D eigenvalue weighted by Gasteiger charge is -2.24. The number of aliphatic imine (C=N–C) groups is 1. The summed E-state index contributed by atoms with van der Waals surface area (Å²) in [5, 5.41) is 3.47. The fourth-order valence-corrected chi connectivity index (χ4v) is 3.88. The summed E-state index contributed by atoms with van der Waals surface area (Å²) in [5.41, 5.74) is 3.23. The Kier molecular flexibility index (Phi) is 4.94. The topological polar surface area (TPSA) is 61.8 Å². The summed E-state index contributed by atoms with van der Waals surface area (Å²) in [5.74, 6) is -0.475. The first-order valence-electron chi connectivity index (χ1n) is 9.11. The highest BCUT2D eigenvalue weighted by atomic mass is 35.5. The maximum absolute atomic E-state index is 13.1. The van der Waals surface area contributed by atoms with Crippen molar-refractivity contribution in [3.05, 3.63) is 59.1 Å². The molecule has 1 heterocycles. The summed E-state index contributed by atoms with van der Waals surface area (Å²) in [6.07, 6.45) is 2.60. The number of carbonyl (C=O) groups is 2. The van der Waals surface area contributed by atoms with Gasteiger partial charge in [-0.25, -0.2) is 0 Å². The van der Waals surface area contributed by atoms with Crippen LogP contribution in [0.1, 0.15) is 24.8 Å². The number of carbonyl (C=O) groups excluding carboxylic acids is 2. The van der Waals surface area contributed by atoms with Crippen LogP contribution in [0.3, 0.4) is 0 Å². The average molecular weight is 382 g/mol. The first kappa shape index (κ1) is 17.7. The van der Waals surface area contributed by atoms with E-state index in [1.165, 1.54) is 0 Å². The minimum atomic E-state index is -0.223. The molecule has 27 heavy (non-hydrogen) atoms. The van der Waals surface area contributed by atoms with Crippen LogP contribution in [0.4, 0.5) is 11.4 Å². The first-order valence-corrected chi connectivity index (χ1v) is 9.49. The molecular formula is C21H20ClN3O2. The van der Waals surface area contributed by atoms with Gasteiger partial charge in [0.2, 0.25) is 11.8 Å². The van der Waals surface area contributed by atoms with Crippen LogP contribution in [-0.4, -0.2) is 24.1 Å². The third kappa shape index (κ3) is 3.60. The Morgan fingerprint density at radius 1 is 1.19 bits per heavy atom. The van der Waals surface area contributed by atoms with E-state index >= 15 is 0 Å². The number of nitrogens with zero attached hydrogens (tertiary/aromatic N) is 2. The van der Waals surface area contributed by atoms with Gasteiger partial charge in [-0.1, -0.05) is 41.9 Å². The van der Waals surface area contributed by atoms with Crippen molar-refractivity contribution in [3.8, 4) is 0 Å². The Morgan fingerprint density at radius 2 is 1.96 bits per heavy atom. The highest BCUT2D eigenvalue weighted by Crippen LogP contribution is 2.37. The number of benzene rings is 2. The van der Waals surface area contributed by atoms with Gasteiger partial charge >= 0.3 is 0 Å². The SMILES string of the molecule is O=C(CN1C(=O)C2CCCC2=Nc2ccccc21)NCc1ccccc1Cl. The van der Waals surface area contributed by atoms with Crippen molar-refractivity contribution < 1.29 is 9.59 Å². The molecule has 1 aliphatic carbocycles. The van der Waals surface area contributed by atoms with E-state index in [9.17, 15) is 9.59 Å². The number of halogens is 1. The summed E-state index contributed by atoms with van der Waals surface area (Å²) in [7, 11) is 0. The molecule has 1 N–H and O–H groups in total. The van der Waals surface area contributed by atoms with Gasteiger partial charge in [0.25, 0.3) is 0 Å². The van der Waals surface area contributed by atoms with E-state index in [-0.39, 0.29) is 24.3 Å². The van der Waals surface area contributed by atoms with Crippen LogP contribution in [0.5, 0.6) is 0 Å². The summed E-state index contributed by atoms with van der Waals surface area (Å²) >= 11 is 6.14. The second kappa shape index (κ2) is 7.53. The second-order valence-corrected chi connectivity index (χ2v) is 7.24. The van der Waals surface area contributed by atoms with Gasteiger partial charge < -0.3 is 10.2 Å². The molecule has 2 aromatic carbocycles. The molecule has 0 saturated heterocycles. The van der Waals surface area contributed by atoms with Gasteiger partial charge in [0, 0.05) is 17.3 Å². The largest absolute Gasteiger partial charge is 0.350 e. The Hall–Kier alpha value is -2.66. The second-order valence-electron chi connectivity index (χ2n) is 6.83. The van der Waals surface area contributed by atoms with E-state index in [1.54, 1.807) is 11.0 Å². The fraction of sp³-hybridized carbons (Fsp3) is 0.286. The van der Waals surface area contributed by atoms with Crippen LogP contribution in [0.15, 0.2) is 53.5 Å². The van der Waals surface area contributed by atoms with Gasteiger partial charge in [0.05, 0.1) is 17.3 Å². The van der Waals surface area contributed by atoms with Crippen molar-refractivity contribution >= 4 is 40.5 Å².